The van der Waals surface area contributed by atoms with Crippen LogP contribution in [0.2, 0.25) is 0 Å². The van der Waals surface area contributed by atoms with E-state index < -0.39 is 62.9 Å². The van der Waals surface area contributed by atoms with Crippen molar-refractivity contribution in [2.45, 2.75) is 109 Å². The van der Waals surface area contributed by atoms with Gasteiger partial charge >= 0.3 is 7.82 Å². The van der Waals surface area contributed by atoms with Crippen LogP contribution in [0.5, 0.6) is 5.75 Å². The molecule has 24 heteroatoms. The quantitative estimate of drug-likeness (QED) is 0.103. The van der Waals surface area contributed by atoms with Crippen molar-refractivity contribution in [3.05, 3.63) is 103 Å². The molecule has 1 aromatic carbocycles. The van der Waals surface area contributed by atoms with Crippen LogP contribution in [0, 0.1) is 0 Å². The fraction of sp³-hybridized carbons (Fsp3) is 0.444. The van der Waals surface area contributed by atoms with Gasteiger partial charge in [-0.15, -0.1) is 11.3 Å². The van der Waals surface area contributed by atoms with E-state index in [4.69, 9.17) is 8.85 Å². The summed E-state index contributed by atoms with van der Waals surface area (Å²) in [6.45, 7) is 3.45. The molecule has 1 unspecified atom stereocenters. The molecule has 4 N–H and O–H groups in total. The van der Waals surface area contributed by atoms with Crippen LogP contribution in [-0.2, 0) is 51.5 Å². The Hall–Kier alpha value is -6.85. The highest BCUT2D eigenvalue weighted by atomic mass is 32.1. The van der Waals surface area contributed by atoms with Crippen molar-refractivity contribution in [3.8, 4) is 16.9 Å². The number of nitrogens with one attached hydrogen (secondary N) is 1. The summed E-state index contributed by atoms with van der Waals surface area (Å²) in [6.07, 6.45) is 8.76. The minimum absolute atomic E-state index is 0.0422. The predicted octanol–water partition coefficient (Wildman–Crippen LogP) is 4.73. The number of pyridine rings is 3. The topological polar surface area (TPSA) is 261 Å². The molecule has 22 nitrogen and oxygen atoms in total. The average molecular weight is 1110 g/mol. The second-order valence-corrected chi connectivity index (χ2v) is 23.3. The van der Waals surface area contributed by atoms with Crippen molar-refractivity contribution in [1.29, 1.82) is 0 Å². The van der Waals surface area contributed by atoms with E-state index in [0.717, 1.165) is 74.7 Å². The summed E-state index contributed by atoms with van der Waals surface area (Å²) < 4.78 is 47.9. The Balaban J connectivity index is 0.702. The lowest BCUT2D eigenvalue weighted by Crippen LogP contribution is -2.59. The number of hydrogen-bond acceptors (Lipinski definition) is 17. The minimum atomic E-state index is -5.10. The lowest BCUT2D eigenvalue weighted by atomic mass is 9.92. The van der Waals surface area contributed by atoms with Gasteiger partial charge in [0.15, 0.2) is 0 Å². The first-order chi connectivity index (χ1) is 38.7. The molecule has 12 rings (SSSR count). The van der Waals surface area contributed by atoms with Gasteiger partial charge in [-0.05, 0) is 118 Å². The maximum atomic E-state index is 14.1. The normalized spacial score (nSPS) is 23.7. The number of piperazine rings is 1. The van der Waals surface area contributed by atoms with E-state index in [2.05, 4.69) is 41.4 Å². The van der Waals surface area contributed by atoms with E-state index in [-0.39, 0.29) is 59.5 Å². The highest BCUT2D eigenvalue weighted by molar-refractivity contribution is 7.46. The van der Waals surface area contributed by atoms with Crippen molar-refractivity contribution < 1.29 is 56.8 Å². The zero-order valence-corrected chi connectivity index (χ0v) is 44.5. The van der Waals surface area contributed by atoms with Gasteiger partial charge in [-0.25, -0.2) is 14.5 Å². The second kappa shape index (κ2) is 20.1. The molecule has 5 aromatic rings. The smallest absolute Gasteiger partial charge is 0.471 e. The number of anilines is 5. The standard InChI is InChI=1S/C54H59N10O12PS/c1-29-25-59(32-13-16-61-34(21-32)28-75-44-23-39-38(22-43(44)61)50(67)64(51(39)68)42-9-11-47(66)63(53(42)70)30(2)76-77(72,73)74)18-19-60(29)33-8-10-46(56-24-33)57-41-20-31(26-58(3)52(41)69)35-12-15-55-49(40(35)27-65)62-17-14-37-36-6-4-5-7-45(36)78-48(37)54(62)71/h8,10,12,15,20,22-24,26,29-30,32,34,42,65H,4-7,9,11,13-14,16-19,21,25,27-28H2,1-3H3,(H,56,57)(H2,72,73,74)/t29-,30?,32-,34+,42-/m0/s1/i3D3. The number of likely N-dealkylation sites (tertiary alicyclic amines) is 1. The van der Waals surface area contributed by atoms with Crippen LogP contribution in [0.3, 0.4) is 0 Å². The summed E-state index contributed by atoms with van der Waals surface area (Å²) >= 11 is 1.55. The average Bonchev–Trinajstić information content (AvgIpc) is 4.12. The maximum Gasteiger partial charge on any atom is 0.471 e. The number of aromatic nitrogens is 3. The number of nitrogens with zero attached hydrogens (tertiary/aromatic N) is 9. The molecule has 1 aliphatic carbocycles. The number of imide groups is 2. The van der Waals surface area contributed by atoms with Crippen LogP contribution >= 0.6 is 19.2 Å². The Bertz CT molecular complexity index is 3560. The van der Waals surface area contributed by atoms with E-state index >= 15 is 0 Å². The molecular formula is C54H59N10O12PS. The summed E-state index contributed by atoms with van der Waals surface area (Å²) in [5.41, 5.74) is 4.26. The number of phosphoric ester groups is 1. The predicted molar refractivity (Wildman–Crippen MR) is 287 cm³/mol. The van der Waals surface area contributed by atoms with Gasteiger partial charge in [-0.2, -0.15) is 0 Å². The van der Waals surface area contributed by atoms with E-state index in [1.165, 1.54) is 35.0 Å². The number of aliphatic hydroxyl groups excluding tert-OH is 1. The molecule has 10 heterocycles. The molecule has 6 aliphatic heterocycles. The molecule has 0 saturated carbocycles. The van der Waals surface area contributed by atoms with Gasteiger partial charge in [-0.3, -0.25) is 52.9 Å². The number of hydrogen-bond donors (Lipinski definition) is 4. The number of amides is 5. The number of fused-ring (bicyclic) bond motifs is 7. The first-order valence-electron chi connectivity index (χ1n) is 27.8. The molecule has 7 aliphatic rings. The first-order valence-corrected chi connectivity index (χ1v) is 28.6. The number of aryl methyl sites for hydroxylation is 2. The minimum Gasteiger partial charge on any atom is -0.489 e. The van der Waals surface area contributed by atoms with Gasteiger partial charge in [0, 0.05) is 90.7 Å². The Morgan fingerprint density at radius 1 is 0.897 bits per heavy atom. The number of benzene rings is 1. The summed E-state index contributed by atoms with van der Waals surface area (Å²) in [5.74, 6) is -2.36. The first kappa shape index (κ1) is 48.3. The number of thiophene rings is 1. The number of phosphoric acid groups is 1. The van der Waals surface area contributed by atoms with Crippen molar-refractivity contribution in [3.63, 3.8) is 0 Å². The Morgan fingerprint density at radius 3 is 2.46 bits per heavy atom. The van der Waals surface area contributed by atoms with Crippen LogP contribution in [0.15, 0.2) is 59.8 Å². The van der Waals surface area contributed by atoms with Crippen molar-refractivity contribution in [2.24, 2.45) is 6.98 Å². The zero-order chi connectivity index (χ0) is 57.0. The highest BCUT2D eigenvalue weighted by Gasteiger charge is 2.50. The SMILES string of the molecule is [2H]C([2H])([2H])n1cc(-c2ccnc(N3CCc4c(sc5c4CCCC5)C3=O)c2CO)cc(Nc2ccc(N3CCN([C@H]4CCN5c6cc7c(cc6OC[C@H]5C4)C(=O)N([C@H]4CCC(=O)N(C(C)OP(=O)(O)O)C4=O)C7=O)C[C@@H]3C)cn2)c1=O. The Kier molecular flexibility index (Phi) is 12.5. The lowest BCUT2D eigenvalue weighted by Gasteiger charge is -2.50. The van der Waals surface area contributed by atoms with Crippen LogP contribution in [0.1, 0.15) is 108 Å². The van der Waals surface area contributed by atoms with Gasteiger partial charge in [0.05, 0.1) is 46.2 Å². The van der Waals surface area contributed by atoms with Gasteiger partial charge in [0.25, 0.3) is 29.2 Å². The zero-order valence-electron chi connectivity index (χ0n) is 45.8. The summed E-state index contributed by atoms with van der Waals surface area (Å²) in [7, 11) is -5.10. The summed E-state index contributed by atoms with van der Waals surface area (Å²) in [6, 6.07) is 8.79. The maximum absolute atomic E-state index is 14.1. The second-order valence-electron chi connectivity index (χ2n) is 21.0. The molecule has 3 fully saturated rings. The van der Waals surface area contributed by atoms with Crippen molar-refractivity contribution in [1.82, 2.24) is 29.2 Å². The molecule has 0 bridgehead atoms. The van der Waals surface area contributed by atoms with Crippen molar-refractivity contribution >= 4 is 77.4 Å². The van der Waals surface area contributed by atoms with Crippen LogP contribution in [0.4, 0.5) is 28.7 Å². The third-order valence-electron chi connectivity index (χ3n) is 16.4. The number of piperidine rings is 2. The lowest BCUT2D eigenvalue weighted by molar-refractivity contribution is -0.161. The molecule has 78 heavy (non-hydrogen) atoms. The van der Waals surface area contributed by atoms with Gasteiger partial charge in [0.2, 0.25) is 5.91 Å². The van der Waals surface area contributed by atoms with Crippen LogP contribution < -0.4 is 30.3 Å². The third-order valence-corrected chi connectivity index (χ3v) is 18.3. The largest absolute Gasteiger partial charge is 0.489 e. The fourth-order valence-corrected chi connectivity index (χ4v) is 14.6. The van der Waals surface area contributed by atoms with Gasteiger partial charge < -0.3 is 39.3 Å². The molecule has 0 radical (unpaired) electrons. The summed E-state index contributed by atoms with van der Waals surface area (Å²) in [4.78, 5) is 122. The number of ether oxygens (including phenoxy) is 1. The van der Waals surface area contributed by atoms with E-state index in [9.17, 15) is 48.2 Å². The molecule has 0 spiro atoms. The monoisotopic (exact) mass is 1110 g/mol. The third kappa shape index (κ3) is 9.07. The Morgan fingerprint density at radius 2 is 1.71 bits per heavy atom. The fourth-order valence-electron chi connectivity index (χ4n) is 12.7. The van der Waals surface area contributed by atoms with E-state index in [0.29, 0.717) is 81.0 Å². The molecule has 3 saturated heterocycles. The number of rotatable bonds is 11. The van der Waals surface area contributed by atoms with Crippen LogP contribution in [-0.4, -0.2) is 143 Å². The van der Waals surface area contributed by atoms with E-state index in [1.807, 2.05) is 6.07 Å². The number of carbonyl (C=O) groups excluding carboxylic acids is 5. The molecular weight excluding hydrogens is 1040 g/mol. The number of carbonyl (C=O) groups is 5. The van der Waals surface area contributed by atoms with Gasteiger partial charge in [-0.1, -0.05) is 0 Å². The van der Waals surface area contributed by atoms with E-state index in [1.54, 1.807) is 40.6 Å². The number of aliphatic hydroxyl groups is 1. The highest BCUT2D eigenvalue weighted by Crippen LogP contribution is 2.45. The van der Waals surface area contributed by atoms with Crippen LogP contribution in [0.25, 0.3) is 11.1 Å². The molecule has 5 amide bonds. The van der Waals surface area contributed by atoms with Crippen molar-refractivity contribution in [2.75, 3.05) is 59.3 Å². The molecule has 5 atom stereocenters. The molecule has 408 valence electrons. The van der Waals surface area contributed by atoms with Gasteiger partial charge in [0.1, 0.15) is 41.9 Å². The molecule has 4 aromatic heterocycles. The summed E-state index contributed by atoms with van der Waals surface area (Å²) in [5, 5.41) is 13.9. The Labute approximate surface area is 456 Å².